The van der Waals surface area contributed by atoms with Gasteiger partial charge in [0, 0.05) is 25.7 Å². The summed E-state index contributed by atoms with van der Waals surface area (Å²) in [6.07, 6.45) is 4.97. The maximum atomic E-state index is 5.68. The SMILES string of the molecule is CCNCCc1cn(CCOC(C)(C)C)cn1. The van der Waals surface area contributed by atoms with Crippen LogP contribution < -0.4 is 5.32 Å². The summed E-state index contributed by atoms with van der Waals surface area (Å²) in [4.78, 5) is 4.37. The third-order valence-electron chi connectivity index (χ3n) is 2.38. The fourth-order valence-electron chi connectivity index (χ4n) is 1.51. The van der Waals surface area contributed by atoms with Crippen LogP contribution in [0.5, 0.6) is 0 Å². The molecule has 4 heteroatoms. The van der Waals surface area contributed by atoms with E-state index in [9.17, 15) is 0 Å². The summed E-state index contributed by atoms with van der Waals surface area (Å²) in [6.45, 7) is 11.9. The van der Waals surface area contributed by atoms with E-state index in [2.05, 4.69) is 48.8 Å². The van der Waals surface area contributed by atoms with Gasteiger partial charge in [0.1, 0.15) is 0 Å². The van der Waals surface area contributed by atoms with E-state index >= 15 is 0 Å². The number of hydrogen-bond donors (Lipinski definition) is 1. The van der Waals surface area contributed by atoms with Gasteiger partial charge >= 0.3 is 0 Å². The van der Waals surface area contributed by atoms with E-state index in [0.717, 1.165) is 38.4 Å². The Morgan fingerprint density at radius 2 is 2.18 bits per heavy atom. The molecule has 0 aliphatic carbocycles. The molecule has 1 aromatic heterocycles. The normalized spacial score (nSPS) is 12.0. The van der Waals surface area contributed by atoms with Crippen LogP contribution in [0.3, 0.4) is 0 Å². The fraction of sp³-hybridized carbons (Fsp3) is 0.769. The smallest absolute Gasteiger partial charge is 0.0950 e. The lowest BCUT2D eigenvalue weighted by atomic mass is 10.2. The van der Waals surface area contributed by atoms with E-state index in [1.165, 1.54) is 0 Å². The number of hydrogen-bond acceptors (Lipinski definition) is 3. The Labute approximate surface area is 104 Å². The molecule has 1 rings (SSSR count). The molecule has 0 aliphatic heterocycles. The Balaban J connectivity index is 2.26. The highest BCUT2D eigenvalue weighted by atomic mass is 16.5. The molecule has 0 saturated carbocycles. The van der Waals surface area contributed by atoms with E-state index in [1.54, 1.807) is 0 Å². The molecule has 0 saturated heterocycles. The zero-order valence-corrected chi connectivity index (χ0v) is 11.5. The molecule has 0 aromatic carbocycles. The number of aromatic nitrogens is 2. The van der Waals surface area contributed by atoms with Gasteiger partial charge in [-0.05, 0) is 27.3 Å². The van der Waals surface area contributed by atoms with Gasteiger partial charge in [0.05, 0.1) is 24.2 Å². The van der Waals surface area contributed by atoms with Gasteiger partial charge in [0.25, 0.3) is 0 Å². The van der Waals surface area contributed by atoms with Crippen molar-refractivity contribution in [2.45, 2.75) is 46.3 Å². The summed E-state index contributed by atoms with van der Waals surface area (Å²) in [7, 11) is 0. The molecule has 4 nitrogen and oxygen atoms in total. The lowest BCUT2D eigenvalue weighted by Gasteiger charge is -2.19. The predicted octanol–water partition coefficient (Wildman–Crippen LogP) is 1.85. The molecule has 0 fully saturated rings. The number of rotatable bonds is 7. The minimum absolute atomic E-state index is 0.0611. The molecule has 0 amide bonds. The third kappa shape index (κ3) is 6.44. The number of ether oxygens (including phenoxy) is 1. The highest BCUT2D eigenvalue weighted by Crippen LogP contribution is 2.06. The van der Waals surface area contributed by atoms with Gasteiger partial charge in [-0.1, -0.05) is 6.92 Å². The van der Waals surface area contributed by atoms with Crippen LogP contribution in [-0.2, 0) is 17.7 Å². The van der Waals surface area contributed by atoms with Gasteiger partial charge < -0.3 is 14.6 Å². The summed E-state index contributed by atoms with van der Waals surface area (Å²) in [5.41, 5.74) is 1.08. The second-order valence-corrected chi connectivity index (χ2v) is 5.17. The first-order valence-corrected chi connectivity index (χ1v) is 6.36. The molecular formula is C13H25N3O. The molecule has 1 aromatic rings. The van der Waals surface area contributed by atoms with Crippen molar-refractivity contribution in [2.75, 3.05) is 19.7 Å². The minimum Gasteiger partial charge on any atom is -0.374 e. The Kier molecular flexibility index (Phi) is 5.65. The Morgan fingerprint density at radius 3 is 2.82 bits per heavy atom. The maximum absolute atomic E-state index is 5.68. The fourth-order valence-corrected chi connectivity index (χ4v) is 1.51. The molecule has 0 unspecified atom stereocenters. The van der Waals surface area contributed by atoms with E-state index in [4.69, 9.17) is 4.74 Å². The first-order valence-electron chi connectivity index (χ1n) is 6.36. The zero-order chi connectivity index (χ0) is 12.7. The van der Waals surface area contributed by atoms with E-state index in [-0.39, 0.29) is 5.60 Å². The highest BCUT2D eigenvalue weighted by molar-refractivity contribution is 4.97. The Morgan fingerprint density at radius 1 is 1.41 bits per heavy atom. The molecular weight excluding hydrogens is 214 g/mol. The van der Waals surface area contributed by atoms with Gasteiger partial charge in [-0.15, -0.1) is 0 Å². The van der Waals surface area contributed by atoms with Crippen LogP contribution in [0.1, 0.15) is 33.4 Å². The van der Waals surface area contributed by atoms with Crippen molar-refractivity contribution in [1.82, 2.24) is 14.9 Å². The van der Waals surface area contributed by atoms with E-state index in [0.29, 0.717) is 0 Å². The van der Waals surface area contributed by atoms with Crippen LogP contribution in [0, 0.1) is 0 Å². The van der Waals surface area contributed by atoms with Crippen LogP contribution in [-0.4, -0.2) is 34.8 Å². The minimum atomic E-state index is -0.0611. The Bertz CT molecular complexity index is 315. The van der Waals surface area contributed by atoms with Gasteiger partial charge in [-0.2, -0.15) is 0 Å². The molecule has 0 bridgehead atoms. The van der Waals surface area contributed by atoms with Crippen molar-refractivity contribution in [3.63, 3.8) is 0 Å². The average molecular weight is 239 g/mol. The third-order valence-corrected chi connectivity index (χ3v) is 2.38. The number of imidazole rings is 1. The molecule has 17 heavy (non-hydrogen) atoms. The summed E-state index contributed by atoms with van der Waals surface area (Å²) < 4.78 is 7.77. The number of nitrogens with zero attached hydrogens (tertiary/aromatic N) is 2. The van der Waals surface area contributed by atoms with E-state index < -0.39 is 0 Å². The quantitative estimate of drug-likeness (QED) is 0.738. The second-order valence-electron chi connectivity index (χ2n) is 5.17. The van der Waals surface area contributed by atoms with Crippen LogP contribution in [0.15, 0.2) is 12.5 Å². The van der Waals surface area contributed by atoms with Crippen molar-refractivity contribution >= 4 is 0 Å². The summed E-state index contributed by atoms with van der Waals surface area (Å²) in [6, 6.07) is 0. The van der Waals surface area contributed by atoms with Crippen LogP contribution in [0.25, 0.3) is 0 Å². The van der Waals surface area contributed by atoms with Crippen LogP contribution in [0.4, 0.5) is 0 Å². The largest absolute Gasteiger partial charge is 0.374 e. The standard InChI is InChI=1S/C13H25N3O/c1-5-14-7-6-12-10-16(11-15-12)8-9-17-13(2,3)4/h10-11,14H,5-9H2,1-4H3. The molecule has 0 atom stereocenters. The van der Waals surface area contributed by atoms with Crippen molar-refractivity contribution < 1.29 is 4.74 Å². The van der Waals surface area contributed by atoms with Crippen LogP contribution >= 0.6 is 0 Å². The monoisotopic (exact) mass is 239 g/mol. The van der Waals surface area contributed by atoms with Gasteiger partial charge in [-0.25, -0.2) is 4.98 Å². The first kappa shape index (κ1) is 14.2. The first-order chi connectivity index (χ1) is 8.01. The zero-order valence-electron chi connectivity index (χ0n) is 11.5. The summed E-state index contributed by atoms with van der Waals surface area (Å²) >= 11 is 0. The van der Waals surface area contributed by atoms with Gasteiger partial charge in [-0.3, -0.25) is 0 Å². The van der Waals surface area contributed by atoms with Crippen molar-refractivity contribution in [2.24, 2.45) is 0 Å². The molecule has 0 spiro atoms. The maximum Gasteiger partial charge on any atom is 0.0950 e. The molecule has 0 aliphatic rings. The Hall–Kier alpha value is -0.870. The summed E-state index contributed by atoms with van der Waals surface area (Å²) in [5.74, 6) is 0. The summed E-state index contributed by atoms with van der Waals surface area (Å²) in [5, 5.41) is 3.30. The molecule has 1 N–H and O–H groups in total. The van der Waals surface area contributed by atoms with Gasteiger partial charge in [0.15, 0.2) is 0 Å². The number of nitrogens with one attached hydrogen (secondary N) is 1. The second kappa shape index (κ2) is 6.77. The molecule has 1 heterocycles. The van der Waals surface area contributed by atoms with Gasteiger partial charge in [0.2, 0.25) is 0 Å². The number of likely N-dealkylation sites (N-methyl/N-ethyl adjacent to an activating group) is 1. The predicted molar refractivity (Wildman–Crippen MR) is 70.2 cm³/mol. The average Bonchev–Trinajstić information content (AvgIpc) is 2.64. The lowest BCUT2D eigenvalue weighted by molar-refractivity contribution is -0.00683. The molecule has 0 radical (unpaired) electrons. The van der Waals surface area contributed by atoms with Crippen molar-refractivity contribution in [3.05, 3.63) is 18.2 Å². The van der Waals surface area contributed by atoms with Crippen molar-refractivity contribution in [1.29, 1.82) is 0 Å². The highest BCUT2D eigenvalue weighted by Gasteiger charge is 2.09. The van der Waals surface area contributed by atoms with Crippen molar-refractivity contribution in [3.8, 4) is 0 Å². The van der Waals surface area contributed by atoms with E-state index in [1.807, 2.05) is 6.33 Å². The van der Waals surface area contributed by atoms with Crippen LogP contribution in [0.2, 0.25) is 0 Å². The molecule has 98 valence electrons. The lowest BCUT2D eigenvalue weighted by Crippen LogP contribution is -2.21. The topological polar surface area (TPSA) is 39.1 Å².